The molecule has 0 bridgehead atoms. The van der Waals surface area contributed by atoms with Crippen molar-refractivity contribution in [1.29, 1.82) is 0 Å². The standard InChI is InChI=1S/C22H29FO5/c1-12-9-16-15-6-5-13-10-14(24)7-8-19(13,2)21(15,23)17(25)11-20(16,3)22(12,27)18(26)28-4/h7-8,10,12,15-17,25,27H,5-6,9,11H2,1-4H3/t12-,15-,16-,17-,19-,20-,21-,22-/m0/s1. The summed E-state index contributed by atoms with van der Waals surface area (Å²) in [6.45, 7) is 5.33. The summed E-state index contributed by atoms with van der Waals surface area (Å²) in [6, 6.07) is 0. The van der Waals surface area contributed by atoms with Crippen LogP contribution in [0.2, 0.25) is 0 Å². The lowest BCUT2D eigenvalue weighted by Gasteiger charge is -2.62. The molecule has 0 unspecified atom stereocenters. The molecule has 0 aromatic heterocycles. The van der Waals surface area contributed by atoms with E-state index in [2.05, 4.69) is 0 Å². The summed E-state index contributed by atoms with van der Waals surface area (Å²) < 4.78 is 21.8. The van der Waals surface area contributed by atoms with Crippen molar-refractivity contribution in [2.24, 2.45) is 28.6 Å². The number of alkyl halides is 1. The largest absolute Gasteiger partial charge is 0.467 e. The summed E-state index contributed by atoms with van der Waals surface area (Å²) in [6.07, 6.45) is 4.61. The summed E-state index contributed by atoms with van der Waals surface area (Å²) in [7, 11) is 1.24. The van der Waals surface area contributed by atoms with Crippen molar-refractivity contribution in [3.8, 4) is 0 Å². The molecule has 4 aliphatic carbocycles. The number of aliphatic hydroxyl groups excluding tert-OH is 1. The van der Waals surface area contributed by atoms with Gasteiger partial charge in [0, 0.05) is 16.7 Å². The molecule has 0 aliphatic heterocycles. The Bertz CT molecular complexity index is 805. The van der Waals surface area contributed by atoms with Gasteiger partial charge in [-0.15, -0.1) is 0 Å². The number of carbonyl (C=O) groups excluding carboxylic acids is 2. The average Bonchev–Trinajstić information content (AvgIpc) is 2.84. The van der Waals surface area contributed by atoms with Gasteiger partial charge in [0.2, 0.25) is 0 Å². The number of esters is 1. The molecule has 6 heteroatoms. The van der Waals surface area contributed by atoms with E-state index in [0.29, 0.717) is 19.3 Å². The highest BCUT2D eigenvalue weighted by Crippen LogP contribution is 2.70. The Morgan fingerprint density at radius 2 is 2.00 bits per heavy atom. The van der Waals surface area contributed by atoms with Crippen LogP contribution in [0.15, 0.2) is 23.8 Å². The molecule has 4 aliphatic rings. The number of ketones is 1. The van der Waals surface area contributed by atoms with E-state index in [1.54, 1.807) is 26.8 Å². The van der Waals surface area contributed by atoms with Gasteiger partial charge in [0.25, 0.3) is 0 Å². The van der Waals surface area contributed by atoms with Gasteiger partial charge in [-0.1, -0.05) is 25.5 Å². The first-order valence-corrected chi connectivity index (χ1v) is 10.1. The molecule has 4 rings (SSSR count). The van der Waals surface area contributed by atoms with Crippen LogP contribution in [0.1, 0.15) is 46.5 Å². The Labute approximate surface area is 164 Å². The van der Waals surface area contributed by atoms with Gasteiger partial charge in [0.15, 0.2) is 17.1 Å². The molecule has 0 saturated heterocycles. The number of fused-ring (bicyclic) bond motifs is 5. The fourth-order valence-electron chi connectivity index (χ4n) is 7.14. The van der Waals surface area contributed by atoms with Crippen LogP contribution in [0.4, 0.5) is 4.39 Å². The highest BCUT2D eigenvalue weighted by atomic mass is 19.1. The Hall–Kier alpha value is -1.53. The molecule has 0 spiro atoms. The molecule has 0 aromatic rings. The summed E-state index contributed by atoms with van der Waals surface area (Å²) >= 11 is 0. The Kier molecular flexibility index (Phi) is 4.07. The second-order valence-electron chi connectivity index (χ2n) is 9.66. The number of halogens is 1. The lowest BCUT2D eigenvalue weighted by molar-refractivity contribution is -0.226. The van der Waals surface area contributed by atoms with Crippen LogP contribution >= 0.6 is 0 Å². The number of rotatable bonds is 1. The minimum absolute atomic E-state index is 0.0364. The Morgan fingerprint density at radius 3 is 2.64 bits per heavy atom. The summed E-state index contributed by atoms with van der Waals surface area (Å²) in [5.74, 6) is -2.07. The molecule has 8 atom stereocenters. The van der Waals surface area contributed by atoms with E-state index in [1.807, 2.05) is 0 Å². The van der Waals surface area contributed by atoms with E-state index in [4.69, 9.17) is 4.74 Å². The van der Waals surface area contributed by atoms with Crippen molar-refractivity contribution in [2.45, 2.75) is 63.8 Å². The third-order valence-electron chi connectivity index (χ3n) is 8.72. The van der Waals surface area contributed by atoms with Gasteiger partial charge in [-0.2, -0.15) is 0 Å². The quantitative estimate of drug-likeness (QED) is 0.670. The van der Waals surface area contributed by atoms with Gasteiger partial charge in [-0.25, -0.2) is 9.18 Å². The van der Waals surface area contributed by atoms with Gasteiger partial charge in [-0.3, -0.25) is 4.79 Å². The Balaban J connectivity index is 1.84. The topological polar surface area (TPSA) is 83.8 Å². The second-order valence-corrected chi connectivity index (χ2v) is 9.66. The fourth-order valence-corrected chi connectivity index (χ4v) is 7.14. The molecule has 0 radical (unpaired) electrons. The highest BCUT2D eigenvalue weighted by molar-refractivity contribution is 6.01. The monoisotopic (exact) mass is 392 g/mol. The third-order valence-corrected chi connectivity index (χ3v) is 8.72. The van der Waals surface area contributed by atoms with E-state index < -0.39 is 46.0 Å². The summed E-state index contributed by atoms with van der Waals surface area (Å²) in [5, 5.41) is 22.6. The van der Waals surface area contributed by atoms with Crippen LogP contribution in [-0.4, -0.2) is 46.4 Å². The lowest BCUT2D eigenvalue weighted by Crippen LogP contribution is -2.69. The molecular weight excluding hydrogens is 363 g/mol. The number of aliphatic hydroxyl groups is 2. The molecule has 0 amide bonds. The van der Waals surface area contributed by atoms with Crippen LogP contribution in [0.5, 0.6) is 0 Å². The first-order valence-electron chi connectivity index (χ1n) is 10.1. The van der Waals surface area contributed by atoms with Gasteiger partial charge in [-0.05, 0) is 56.6 Å². The maximum atomic E-state index is 16.9. The molecule has 28 heavy (non-hydrogen) atoms. The zero-order valence-electron chi connectivity index (χ0n) is 16.9. The smallest absolute Gasteiger partial charge is 0.338 e. The minimum atomic E-state index is -1.96. The number of carbonyl (C=O) groups is 2. The highest BCUT2D eigenvalue weighted by Gasteiger charge is 2.76. The number of ether oxygens (including phenoxy) is 1. The molecular formula is C22H29FO5. The lowest BCUT2D eigenvalue weighted by atomic mass is 9.45. The number of methoxy groups -OCH3 is 1. The molecule has 2 N–H and O–H groups in total. The minimum Gasteiger partial charge on any atom is -0.467 e. The van der Waals surface area contributed by atoms with E-state index in [9.17, 15) is 19.8 Å². The van der Waals surface area contributed by atoms with Crippen LogP contribution in [0.25, 0.3) is 0 Å². The number of hydrogen-bond donors (Lipinski definition) is 2. The van der Waals surface area contributed by atoms with E-state index in [1.165, 1.54) is 19.3 Å². The predicted molar refractivity (Wildman–Crippen MR) is 99.9 cm³/mol. The van der Waals surface area contributed by atoms with Crippen LogP contribution < -0.4 is 0 Å². The second kappa shape index (κ2) is 5.76. The van der Waals surface area contributed by atoms with Crippen molar-refractivity contribution in [1.82, 2.24) is 0 Å². The summed E-state index contributed by atoms with van der Waals surface area (Å²) in [5.41, 5.74) is -5.05. The molecule has 3 fully saturated rings. The van der Waals surface area contributed by atoms with Crippen molar-refractivity contribution in [3.63, 3.8) is 0 Å². The van der Waals surface area contributed by atoms with Crippen molar-refractivity contribution >= 4 is 11.8 Å². The number of hydrogen-bond acceptors (Lipinski definition) is 5. The van der Waals surface area contributed by atoms with Gasteiger partial charge in [0.05, 0.1) is 13.2 Å². The average molecular weight is 392 g/mol. The van der Waals surface area contributed by atoms with Crippen molar-refractivity contribution < 1.29 is 28.9 Å². The number of allylic oxidation sites excluding steroid dienone is 4. The summed E-state index contributed by atoms with van der Waals surface area (Å²) in [4.78, 5) is 24.4. The zero-order chi connectivity index (χ0) is 20.7. The van der Waals surface area contributed by atoms with Gasteiger partial charge in [0.1, 0.15) is 0 Å². The van der Waals surface area contributed by atoms with Crippen molar-refractivity contribution in [2.75, 3.05) is 7.11 Å². The van der Waals surface area contributed by atoms with Gasteiger partial charge < -0.3 is 14.9 Å². The van der Waals surface area contributed by atoms with Crippen LogP contribution in [0, 0.1) is 28.6 Å². The maximum Gasteiger partial charge on any atom is 0.338 e. The molecule has 0 heterocycles. The normalized spacial score (nSPS) is 52.4. The van der Waals surface area contributed by atoms with E-state index in [-0.39, 0.29) is 18.1 Å². The SMILES string of the molecule is COC(=O)[C@@]1(O)[C@@H](C)C[C@H]2[C@@H]3CCC4=CC(=O)C=C[C@]4(C)[C@@]3(F)[C@@H](O)C[C@@]21C. The van der Waals surface area contributed by atoms with Gasteiger partial charge >= 0.3 is 5.97 Å². The Morgan fingerprint density at radius 1 is 1.32 bits per heavy atom. The third kappa shape index (κ3) is 1.98. The predicted octanol–water partition coefficient (Wildman–Crippen LogP) is 2.51. The molecule has 3 saturated carbocycles. The first-order chi connectivity index (χ1) is 13.0. The van der Waals surface area contributed by atoms with E-state index >= 15 is 4.39 Å². The first kappa shape index (κ1) is 19.8. The van der Waals surface area contributed by atoms with Crippen molar-refractivity contribution in [3.05, 3.63) is 23.8 Å². The molecule has 0 aromatic carbocycles. The zero-order valence-corrected chi connectivity index (χ0v) is 16.9. The van der Waals surface area contributed by atoms with E-state index in [0.717, 1.165) is 5.57 Å². The maximum absolute atomic E-state index is 16.9. The van der Waals surface area contributed by atoms with Crippen LogP contribution in [0.3, 0.4) is 0 Å². The fraction of sp³-hybridized carbons (Fsp3) is 0.727. The molecule has 5 nitrogen and oxygen atoms in total. The molecule has 154 valence electrons. The van der Waals surface area contributed by atoms with Crippen LogP contribution in [-0.2, 0) is 14.3 Å².